The maximum Gasteiger partial charge on any atom is 0.303 e. The van der Waals surface area contributed by atoms with E-state index in [0.29, 0.717) is 6.42 Å². The summed E-state index contributed by atoms with van der Waals surface area (Å²) in [5, 5.41) is 27.7. The van der Waals surface area contributed by atoms with Crippen molar-refractivity contribution in [1.29, 1.82) is 0 Å². The van der Waals surface area contributed by atoms with E-state index < -0.39 is 5.97 Å². The molecule has 0 radical (unpaired) electrons. The van der Waals surface area contributed by atoms with Gasteiger partial charge in [-0.3, -0.25) is 4.79 Å². The SMILES string of the molecule is CCCC(O)CCCC(O)CCCCCC(=O)O. The third kappa shape index (κ3) is 11.9. The number of aliphatic hydroxyl groups is 2. The standard InChI is InChI=1S/C14H28O4/c1-2-7-12(15)9-6-10-13(16)8-4-3-5-11-14(17)18/h12-13,15-16H,2-11H2,1H3,(H,17,18). The van der Waals surface area contributed by atoms with E-state index in [1.165, 1.54) is 0 Å². The number of carboxylic acids is 1. The van der Waals surface area contributed by atoms with E-state index in [0.717, 1.165) is 51.4 Å². The van der Waals surface area contributed by atoms with Crippen LogP contribution in [0.1, 0.15) is 71.1 Å². The molecule has 0 aliphatic heterocycles. The van der Waals surface area contributed by atoms with Crippen molar-refractivity contribution in [3.63, 3.8) is 0 Å². The maximum absolute atomic E-state index is 10.3. The summed E-state index contributed by atoms with van der Waals surface area (Å²) < 4.78 is 0. The number of carbonyl (C=O) groups is 1. The van der Waals surface area contributed by atoms with Crippen LogP contribution in [0.25, 0.3) is 0 Å². The van der Waals surface area contributed by atoms with Gasteiger partial charge in [0.05, 0.1) is 12.2 Å². The minimum Gasteiger partial charge on any atom is -0.481 e. The number of hydrogen-bond donors (Lipinski definition) is 3. The average Bonchev–Trinajstić information content (AvgIpc) is 2.28. The largest absolute Gasteiger partial charge is 0.481 e. The second-order valence-electron chi connectivity index (χ2n) is 5.02. The van der Waals surface area contributed by atoms with Gasteiger partial charge in [-0.05, 0) is 38.5 Å². The third-order valence-electron chi connectivity index (χ3n) is 3.12. The molecule has 3 N–H and O–H groups in total. The first-order valence-corrected chi connectivity index (χ1v) is 7.14. The highest BCUT2D eigenvalue weighted by atomic mass is 16.4. The molecule has 0 heterocycles. The van der Waals surface area contributed by atoms with Crippen molar-refractivity contribution in [2.45, 2.75) is 83.3 Å². The van der Waals surface area contributed by atoms with Crippen LogP contribution in [0.5, 0.6) is 0 Å². The van der Waals surface area contributed by atoms with Gasteiger partial charge in [0.1, 0.15) is 0 Å². The molecule has 2 unspecified atom stereocenters. The lowest BCUT2D eigenvalue weighted by Gasteiger charge is -2.12. The molecule has 0 spiro atoms. The Morgan fingerprint density at radius 2 is 1.44 bits per heavy atom. The lowest BCUT2D eigenvalue weighted by atomic mass is 10.0. The molecule has 0 saturated carbocycles. The predicted molar refractivity (Wildman–Crippen MR) is 71.5 cm³/mol. The van der Waals surface area contributed by atoms with Gasteiger partial charge in [0.25, 0.3) is 0 Å². The Morgan fingerprint density at radius 1 is 0.889 bits per heavy atom. The van der Waals surface area contributed by atoms with Crippen molar-refractivity contribution in [2.24, 2.45) is 0 Å². The van der Waals surface area contributed by atoms with Gasteiger partial charge in [0.2, 0.25) is 0 Å². The van der Waals surface area contributed by atoms with E-state index in [2.05, 4.69) is 6.92 Å². The van der Waals surface area contributed by atoms with E-state index in [4.69, 9.17) is 5.11 Å². The average molecular weight is 260 g/mol. The lowest BCUT2D eigenvalue weighted by molar-refractivity contribution is -0.137. The van der Waals surface area contributed by atoms with E-state index in [9.17, 15) is 15.0 Å². The van der Waals surface area contributed by atoms with Crippen LogP contribution in [0.2, 0.25) is 0 Å². The Labute approximate surface area is 110 Å². The summed E-state index contributed by atoms with van der Waals surface area (Å²) in [7, 11) is 0. The van der Waals surface area contributed by atoms with Crippen LogP contribution in [0.15, 0.2) is 0 Å². The van der Waals surface area contributed by atoms with Crippen molar-refractivity contribution in [3.8, 4) is 0 Å². The summed E-state index contributed by atoms with van der Waals surface area (Å²) in [4.78, 5) is 10.3. The Hall–Kier alpha value is -0.610. The third-order valence-corrected chi connectivity index (χ3v) is 3.12. The van der Waals surface area contributed by atoms with Crippen molar-refractivity contribution < 1.29 is 20.1 Å². The first-order valence-electron chi connectivity index (χ1n) is 7.14. The van der Waals surface area contributed by atoms with Crippen LogP contribution in [-0.2, 0) is 4.79 Å². The summed E-state index contributed by atoms with van der Waals surface area (Å²) >= 11 is 0. The molecule has 108 valence electrons. The quantitative estimate of drug-likeness (QED) is 0.471. The van der Waals surface area contributed by atoms with Crippen molar-refractivity contribution in [2.75, 3.05) is 0 Å². The van der Waals surface area contributed by atoms with Crippen LogP contribution in [0.3, 0.4) is 0 Å². The summed E-state index contributed by atoms with van der Waals surface area (Å²) in [5.41, 5.74) is 0. The molecular formula is C14H28O4. The molecule has 0 rings (SSSR count). The molecule has 2 atom stereocenters. The highest BCUT2D eigenvalue weighted by Gasteiger charge is 2.07. The monoisotopic (exact) mass is 260 g/mol. The van der Waals surface area contributed by atoms with Crippen LogP contribution >= 0.6 is 0 Å². The predicted octanol–water partition coefficient (Wildman–Crippen LogP) is 2.71. The molecular weight excluding hydrogens is 232 g/mol. The summed E-state index contributed by atoms with van der Waals surface area (Å²) in [6.45, 7) is 2.05. The molecule has 0 aromatic rings. The van der Waals surface area contributed by atoms with Gasteiger partial charge in [-0.2, -0.15) is 0 Å². The highest BCUT2D eigenvalue weighted by molar-refractivity contribution is 5.66. The van der Waals surface area contributed by atoms with Crippen LogP contribution < -0.4 is 0 Å². The van der Waals surface area contributed by atoms with E-state index >= 15 is 0 Å². The molecule has 0 aliphatic carbocycles. The number of hydrogen-bond acceptors (Lipinski definition) is 3. The fraction of sp³-hybridized carbons (Fsp3) is 0.929. The number of carboxylic acid groups (broad SMARTS) is 1. The molecule has 0 saturated heterocycles. The topological polar surface area (TPSA) is 77.8 Å². The number of aliphatic carboxylic acids is 1. The van der Waals surface area contributed by atoms with Gasteiger partial charge >= 0.3 is 5.97 Å². The summed E-state index contributed by atoms with van der Waals surface area (Å²) in [6.07, 6.45) is 7.06. The van der Waals surface area contributed by atoms with Crippen molar-refractivity contribution in [1.82, 2.24) is 0 Å². The molecule has 0 aliphatic rings. The molecule has 4 heteroatoms. The maximum atomic E-state index is 10.3. The van der Waals surface area contributed by atoms with E-state index in [1.54, 1.807) is 0 Å². The number of unbranched alkanes of at least 4 members (excludes halogenated alkanes) is 2. The first-order chi connectivity index (χ1) is 8.56. The fourth-order valence-electron chi connectivity index (χ4n) is 2.04. The zero-order valence-electron chi connectivity index (χ0n) is 11.5. The second-order valence-corrected chi connectivity index (χ2v) is 5.02. The number of rotatable bonds is 12. The van der Waals surface area contributed by atoms with Gasteiger partial charge < -0.3 is 15.3 Å². The molecule has 0 amide bonds. The van der Waals surface area contributed by atoms with Crippen LogP contribution in [0, 0.1) is 0 Å². The normalized spacial score (nSPS) is 14.4. The van der Waals surface area contributed by atoms with Crippen LogP contribution in [-0.4, -0.2) is 33.5 Å². The van der Waals surface area contributed by atoms with Gasteiger partial charge in [0.15, 0.2) is 0 Å². The molecule has 0 bridgehead atoms. The Morgan fingerprint density at radius 3 is 2.00 bits per heavy atom. The van der Waals surface area contributed by atoms with Gasteiger partial charge in [-0.1, -0.05) is 26.2 Å². The second kappa shape index (κ2) is 11.5. The smallest absolute Gasteiger partial charge is 0.303 e. The minimum atomic E-state index is -0.750. The van der Waals surface area contributed by atoms with Gasteiger partial charge in [-0.15, -0.1) is 0 Å². The van der Waals surface area contributed by atoms with Crippen molar-refractivity contribution >= 4 is 5.97 Å². The molecule has 0 aromatic heterocycles. The van der Waals surface area contributed by atoms with Crippen LogP contribution in [0.4, 0.5) is 0 Å². The van der Waals surface area contributed by atoms with E-state index in [-0.39, 0.29) is 18.6 Å². The Balaban J connectivity index is 3.32. The van der Waals surface area contributed by atoms with Gasteiger partial charge in [-0.25, -0.2) is 0 Å². The lowest BCUT2D eigenvalue weighted by Crippen LogP contribution is -2.10. The molecule has 0 aromatic carbocycles. The molecule has 18 heavy (non-hydrogen) atoms. The minimum absolute atomic E-state index is 0.222. The fourth-order valence-corrected chi connectivity index (χ4v) is 2.04. The molecule has 4 nitrogen and oxygen atoms in total. The molecule has 0 fully saturated rings. The number of aliphatic hydroxyl groups excluding tert-OH is 2. The zero-order chi connectivity index (χ0) is 13.8. The summed E-state index contributed by atoms with van der Waals surface area (Å²) in [5.74, 6) is -0.750. The van der Waals surface area contributed by atoms with Gasteiger partial charge in [0, 0.05) is 6.42 Å². The van der Waals surface area contributed by atoms with Crippen molar-refractivity contribution in [3.05, 3.63) is 0 Å². The van der Waals surface area contributed by atoms with E-state index in [1.807, 2.05) is 0 Å². The summed E-state index contributed by atoms with van der Waals surface area (Å²) in [6, 6.07) is 0. The Kier molecular flexibility index (Phi) is 11.1. The zero-order valence-corrected chi connectivity index (χ0v) is 11.5. The Bertz CT molecular complexity index is 206. The first kappa shape index (κ1) is 17.4. The highest BCUT2D eigenvalue weighted by Crippen LogP contribution is 2.13.